The second kappa shape index (κ2) is 5.75. The van der Waals surface area contributed by atoms with Gasteiger partial charge in [0.05, 0.1) is 31.1 Å². The molecule has 0 aromatic carbocycles. The normalized spacial score (nSPS) is 21.3. The summed E-state index contributed by atoms with van der Waals surface area (Å²) in [5.74, 6) is 0.983. The zero-order chi connectivity index (χ0) is 12.1. The Hall–Kier alpha value is -1.45. The van der Waals surface area contributed by atoms with E-state index in [2.05, 4.69) is 10.1 Å². The van der Waals surface area contributed by atoms with Crippen molar-refractivity contribution in [3.8, 4) is 6.07 Å². The number of hydrogen-bond donors (Lipinski definition) is 1. The first-order valence-electron chi connectivity index (χ1n) is 5.76. The molecule has 0 radical (unpaired) electrons. The standard InChI is InChI=1S/C11H15N3O3/c12-4-3-8(15)6-11-13-10(14-17-11)7-9-2-1-5-16-9/h8-9,15H,1-3,5-7H2. The minimum Gasteiger partial charge on any atom is -0.392 e. The molecule has 2 heterocycles. The van der Waals surface area contributed by atoms with Crippen molar-refractivity contribution in [1.82, 2.24) is 10.1 Å². The van der Waals surface area contributed by atoms with Crippen molar-refractivity contribution in [1.29, 1.82) is 5.26 Å². The van der Waals surface area contributed by atoms with Crippen molar-refractivity contribution >= 4 is 0 Å². The van der Waals surface area contributed by atoms with E-state index in [0.29, 0.717) is 18.1 Å². The second-order valence-electron chi connectivity index (χ2n) is 4.16. The monoisotopic (exact) mass is 237 g/mol. The lowest BCUT2D eigenvalue weighted by molar-refractivity contribution is 0.109. The molecule has 2 atom stereocenters. The molecule has 6 nitrogen and oxygen atoms in total. The summed E-state index contributed by atoms with van der Waals surface area (Å²) in [7, 11) is 0. The summed E-state index contributed by atoms with van der Waals surface area (Å²) in [5, 5.41) is 21.7. The van der Waals surface area contributed by atoms with Gasteiger partial charge in [-0.1, -0.05) is 5.16 Å². The summed E-state index contributed by atoms with van der Waals surface area (Å²) in [4.78, 5) is 4.17. The van der Waals surface area contributed by atoms with Gasteiger partial charge < -0.3 is 14.4 Å². The number of aromatic nitrogens is 2. The van der Waals surface area contributed by atoms with Gasteiger partial charge in [-0.2, -0.15) is 10.2 Å². The minimum absolute atomic E-state index is 0.0729. The Morgan fingerprint density at radius 1 is 1.59 bits per heavy atom. The molecule has 1 aromatic rings. The Morgan fingerprint density at radius 3 is 3.18 bits per heavy atom. The molecule has 0 saturated carbocycles. The molecule has 2 rings (SSSR count). The summed E-state index contributed by atoms with van der Waals surface area (Å²) in [5.41, 5.74) is 0. The molecule has 1 aliphatic rings. The molecular formula is C11H15N3O3. The molecule has 1 saturated heterocycles. The largest absolute Gasteiger partial charge is 0.392 e. The van der Waals surface area contributed by atoms with E-state index in [1.54, 1.807) is 0 Å². The Bertz CT molecular complexity index is 393. The van der Waals surface area contributed by atoms with E-state index in [4.69, 9.17) is 14.5 Å². The summed E-state index contributed by atoms with van der Waals surface area (Å²) in [6.45, 7) is 0.802. The van der Waals surface area contributed by atoms with Crippen LogP contribution < -0.4 is 0 Å². The average molecular weight is 237 g/mol. The van der Waals surface area contributed by atoms with Gasteiger partial charge in [-0.25, -0.2) is 0 Å². The highest BCUT2D eigenvalue weighted by molar-refractivity contribution is 4.92. The predicted octanol–water partition coefficient (Wildman–Crippen LogP) is 0.608. The number of nitrogens with zero attached hydrogens (tertiary/aromatic N) is 3. The van der Waals surface area contributed by atoms with Gasteiger partial charge in [0.15, 0.2) is 5.82 Å². The maximum absolute atomic E-state index is 9.42. The molecule has 1 N–H and O–H groups in total. The highest BCUT2D eigenvalue weighted by Gasteiger charge is 2.19. The molecular weight excluding hydrogens is 222 g/mol. The summed E-state index contributed by atoms with van der Waals surface area (Å²) >= 11 is 0. The minimum atomic E-state index is -0.740. The van der Waals surface area contributed by atoms with E-state index >= 15 is 0 Å². The Labute approximate surface area is 99.2 Å². The summed E-state index contributed by atoms with van der Waals surface area (Å²) in [6.07, 6.45) is 2.51. The molecule has 1 fully saturated rings. The van der Waals surface area contributed by atoms with E-state index in [1.165, 1.54) is 0 Å². The highest BCUT2D eigenvalue weighted by Crippen LogP contribution is 2.16. The molecule has 17 heavy (non-hydrogen) atoms. The highest BCUT2D eigenvalue weighted by atomic mass is 16.5. The lowest BCUT2D eigenvalue weighted by Crippen LogP contribution is -2.11. The molecule has 0 amide bonds. The number of nitriles is 1. The van der Waals surface area contributed by atoms with E-state index in [1.807, 2.05) is 6.07 Å². The van der Waals surface area contributed by atoms with Crippen LogP contribution in [0, 0.1) is 11.3 Å². The number of hydrogen-bond acceptors (Lipinski definition) is 6. The zero-order valence-electron chi connectivity index (χ0n) is 9.50. The molecule has 0 spiro atoms. The van der Waals surface area contributed by atoms with Gasteiger partial charge in [0.2, 0.25) is 5.89 Å². The quantitative estimate of drug-likeness (QED) is 0.806. The maximum atomic E-state index is 9.42. The van der Waals surface area contributed by atoms with Crippen molar-refractivity contribution < 1.29 is 14.4 Å². The van der Waals surface area contributed by atoms with Gasteiger partial charge in [0, 0.05) is 13.0 Å². The van der Waals surface area contributed by atoms with Gasteiger partial charge in [-0.05, 0) is 12.8 Å². The van der Waals surface area contributed by atoms with Crippen LogP contribution in [0.1, 0.15) is 31.0 Å². The van der Waals surface area contributed by atoms with Crippen molar-refractivity contribution in [3.05, 3.63) is 11.7 Å². The van der Waals surface area contributed by atoms with E-state index in [-0.39, 0.29) is 18.9 Å². The second-order valence-corrected chi connectivity index (χ2v) is 4.16. The van der Waals surface area contributed by atoms with Crippen molar-refractivity contribution in [2.45, 2.75) is 44.3 Å². The number of aliphatic hydroxyl groups is 1. The van der Waals surface area contributed by atoms with Crippen LogP contribution in [0.4, 0.5) is 0 Å². The third-order valence-electron chi connectivity index (χ3n) is 2.68. The van der Waals surface area contributed by atoms with Crippen LogP contribution in [0.3, 0.4) is 0 Å². The predicted molar refractivity (Wildman–Crippen MR) is 56.9 cm³/mol. The van der Waals surface area contributed by atoms with Crippen molar-refractivity contribution in [2.24, 2.45) is 0 Å². The van der Waals surface area contributed by atoms with E-state index in [9.17, 15) is 5.11 Å². The van der Waals surface area contributed by atoms with E-state index < -0.39 is 6.10 Å². The molecule has 1 aliphatic heterocycles. The van der Waals surface area contributed by atoms with Crippen molar-refractivity contribution in [2.75, 3.05) is 6.61 Å². The van der Waals surface area contributed by atoms with Gasteiger partial charge in [0.25, 0.3) is 0 Å². The Morgan fingerprint density at radius 2 is 2.47 bits per heavy atom. The van der Waals surface area contributed by atoms with Gasteiger partial charge in [-0.15, -0.1) is 0 Å². The van der Waals surface area contributed by atoms with Gasteiger partial charge >= 0.3 is 0 Å². The van der Waals surface area contributed by atoms with Gasteiger partial charge in [0.1, 0.15) is 0 Å². The third-order valence-corrected chi connectivity index (χ3v) is 2.68. The fraction of sp³-hybridized carbons (Fsp3) is 0.727. The first kappa shape index (κ1) is 12.0. The van der Waals surface area contributed by atoms with Crippen LogP contribution in [0.2, 0.25) is 0 Å². The summed E-state index contributed by atoms with van der Waals surface area (Å²) in [6, 6.07) is 1.89. The maximum Gasteiger partial charge on any atom is 0.229 e. The number of aliphatic hydroxyl groups excluding tert-OH is 1. The smallest absolute Gasteiger partial charge is 0.229 e. The Kier molecular flexibility index (Phi) is 4.07. The summed E-state index contributed by atoms with van der Waals surface area (Å²) < 4.78 is 10.5. The van der Waals surface area contributed by atoms with Crippen LogP contribution in [-0.2, 0) is 17.6 Å². The zero-order valence-corrected chi connectivity index (χ0v) is 9.50. The molecule has 1 aromatic heterocycles. The molecule has 92 valence electrons. The van der Waals surface area contributed by atoms with Crippen LogP contribution in [-0.4, -0.2) is 34.1 Å². The fourth-order valence-electron chi connectivity index (χ4n) is 1.84. The van der Waals surface area contributed by atoms with Crippen LogP contribution in [0.15, 0.2) is 4.52 Å². The Balaban J connectivity index is 1.85. The molecule has 0 bridgehead atoms. The van der Waals surface area contributed by atoms with Crippen molar-refractivity contribution in [3.63, 3.8) is 0 Å². The third kappa shape index (κ3) is 3.51. The lowest BCUT2D eigenvalue weighted by Gasteiger charge is -2.04. The lowest BCUT2D eigenvalue weighted by atomic mass is 10.2. The SMILES string of the molecule is N#CCC(O)Cc1nc(CC2CCCO2)no1. The number of rotatable bonds is 5. The fourth-order valence-corrected chi connectivity index (χ4v) is 1.84. The first-order chi connectivity index (χ1) is 8.28. The molecule has 6 heteroatoms. The van der Waals surface area contributed by atoms with E-state index in [0.717, 1.165) is 19.4 Å². The molecule has 2 unspecified atom stereocenters. The topological polar surface area (TPSA) is 92.2 Å². The molecule has 0 aliphatic carbocycles. The first-order valence-corrected chi connectivity index (χ1v) is 5.76. The van der Waals surface area contributed by atoms with Crippen LogP contribution >= 0.6 is 0 Å². The van der Waals surface area contributed by atoms with Gasteiger partial charge in [-0.3, -0.25) is 0 Å². The van der Waals surface area contributed by atoms with Crippen LogP contribution in [0.5, 0.6) is 0 Å². The number of ether oxygens (including phenoxy) is 1. The average Bonchev–Trinajstić information content (AvgIpc) is 2.91. The van der Waals surface area contributed by atoms with Crippen LogP contribution in [0.25, 0.3) is 0 Å².